The maximum absolute atomic E-state index is 2.91. The molecule has 2 aliphatic carbocycles. The van der Waals surface area contributed by atoms with Gasteiger partial charge < -0.3 is 9.80 Å². The Bertz CT molecular complexity index is 639. The third-order valence-electron chi connectivity index (χ3n) is 11.0. The van der Waals surface area contributed by atoms with Gasteiger partial charge in [0.15, 0.2) is 0 Å². The van der Waals surface area contributed by atoms with Crippen LogP contribution in [0, 0.1) is 22.2 Å². The van der Waals surface area contributed by atoms with Gasteiger partial charge in [-0.05, 0) is 140 Å². The molecular weight excluding hydrogens is 390 g/mol. The fraction of sp³-hybridized carbons (Fsp3) is 1.00. The third-order valence-corrected chi connectivity index (χ3v) is 11.0. The fourth-order valence-corrected chi connectivity index (χ4v) is 8.27. The maximum atomic E-state index is 2.91. The summed E-state index contributed by atoms with van der Waals surface area (Å²) in [6.45, 7) is 22.7. The monoisotopic (exact) mass is 443 g/mol. The van der Waals surface area contributed by atoms with Crippen LogP contribution >= 0.6 is 0 Å². The molecule has 2 saturated carbocycles. The minimum atomic E-state index is 0.356. The van der Waals surface area contributed by atoms with Crippen molar-refractivity contribution in [3.05, 3.63) is 0 Å². The Morgan fingerprint density at radius 2 is 1.12 bits per heavy atom. The van der Waals surface area contributed by atoms with Gasteiger partial charge in [-0.3, -0.25) is 4.90 Å². The number of hydrogen-bond acceptors (Lipinski definition) is 3. The lowest BCUT2D eigenvalue weighted by atomic mass is 9.57. The fourth-order valence-electron chi connectivity index (χ4n) is 8.27. The summed E-state index contributed by atoms with van der Waals surface area (Å²) < 4.78 is 0. The Hall–Kier alpha value is -0.120. The average Bonchev–Trinajstić information content (AvgIpc) is 2.69. The normalized spacial score (nSPS) is 35.1. The second-order valence-corrected chi connectivity index (χ2v) is 15.0. The average molecular weight is 444 g/mol. The van der Waals surface area contributed by atoms with Crippen LogP contribution < -0.4 is 0 Å². The molecule has 1 unspecified atom stereocenters. The second kappa shape index (κ2) is 8.23. The number of nitrogens with zero attached hydrogens (tertiary/aromatic N) is 3. The Balaban J connectivity index is 1.04. The van der Waals surface area contributed by atoms with Gasteiger partial charge in [-0.2, -0.15) is 0 Å². The van der Waals surface area contributed by atoms with E-state index in [9.17, 15) is 0 Å². The molecular formula is C29H53N3. The van der Waals surface area contributed by atoms with E-state index in [0.29, 0.717) is 16.4 Å². The summed E-state index contributed by atoms with van der Waals surface area (Å²) in [4.78, 5) is 8.53. The zero-order valence-electron chi connectivity index (χ0n) is 22.4. The zero-order valence-corrected chi connectivity index (χ0v) is 22.4. The van der Waals surface area contributed by atoms with E-state index in [1.807, 2.05) is 0 Å². The first-order valence-corrected chi connectivity index (χ1v) is 14.2. The molecule has 5 fully saturated rings. The lowest BCUT2D eigenvalue weighted by Crippen LogP contribution is -2.61. The van der Waals surface area contributed by atoms with Crippen LogP contribution in [0.1, 0.15) is 106 Å². The van der Waals surface area contributed by atoms with Gasteiger partial charge in [0.05, 0.1) is 0 Å². The summed E-state index contributed by atoms with van der Waals surface area (Å²) in [7, 11) is 0. The Kier molecular flexibility index (Phi) is 6.07. The molecule has 5 aliphatic rings. The molecule has 0 N–H and O–H groups in total. The van der Waals surface area contributed by atoms with Crippen LogP contribution in [0.25, 0.3) is 0 Å². The van der Waals surface area contributed by atoms with Crippen molar-refractivity contribution < 1.29 is 0 Å². The molecule has 0 bridgehead atoms. The maximum Gasteiger partial charge on any atom is 0.0125 e. The third kappa shape index (κ3) is 4.57. The van der Waals surface area contributed by atoms with Crippen LogP contribution in [0.5, 0.6) is 0 Å². The first-order chi connectivity index (χ1) is 15.0. The van der Waals surface area contributed by atoms with Crippen molar-refractivity contribution in [3.63, 3.8) is 0 Å². The van der Waals surface area contributed by atoms with Gasteiger partial charge in [0.1, 0.15) is 0 Å². The van der Waals surface area contributed by atoms with Crippen LogP contribution in [0.4, 0.5) is 0 Å². The molecule has 0 aromatic heterocycles. The van der Waals surface area contributed by atoms with Crippen molar-refractivity contribution in [2.45, 2.75) is 123 Å². The SMILES string of the molecule is CC(C)(C)C1CCCN(C2CC3(CCN(C4CC5(CCN(C(C)(C)C)CC5)C4)CC3)C2)C1. The molecule has 0 aromatic carbocycles. The molecule has 1 atom stereocenters. The molecule has 184 valence electrons. The standard InChI is InChI=1S/C29H53N3/c1-26(2,3)23-8-7-13-31(22-23)25-20-28(21-25)9-14-30(15-10-28)24-18-29(19-24)11-16-32(17-12-29)27(4,5)6/h23-25H,7-22H2,1-6H3. The van der Waals surface area contributed by atoms with Gasteiger partial charge in [0.2, 0.25) is 0 Å². The molecule has 0 aromatic rings. The first kappa shape index (κ1) is 23.6. The highest BCUT2D eigenvalue weighted by Crippen LogP contribution is 2.55. The van der Waals surface area contributed by atoms with E-state index in [4.69, 9.17) is 0 Å². The van der Waals surface area contributed by atoms with Gasteiger partial charge in [-0.15, -0.1) is 0 Å². The van der Waals surface area contributed by atoms with Gasteiger partial charge in [0, 0.05) is 24.2 Å². The number of piperidine rings is 3. The van der Waals surface area contributed by atoms with Crippen molar-refractivity contribution in [2.75, 3.05) is 39.3 Å². The predicted octanol–water partition coefficient (Wildman–Crippen LogP) is 6.03. The lowest BCUT2D eigenvalue weighted by molar-refractivity contribution is -0.0983. The Labute approximate surface area is 199 Å². The van der Waals surface area contributed by atoms with Gasteiger partial charge >= 0.3 is 0 Å². The first-order valence-electron chi connectivity index (χ1n) is 14.2. The minimum Gasteiger partial charge on any atom is -0.300 e. The van der Waals surface area contributed by atoms with Crippen molar-refractivity contribution in [2.24, 2.45) is 22.2 Å². The minimum absolute atomic E-state index is 0.356. The summed E-state index contributed by atoms with van der Waals surface area (Å²) in [6, 6.07) is 1.82. The Morgan fingerprint density at radius 1 is 0.625 bits per heavy atom. The summed E-state index contributed by atoms with van der Waals surface area (Å²) in [5, 5.41) is 0. The molecule has 3 heteroatoms. The van der Waals surface area contributed by atoms with E-state index < -0.39 is 0 Å². The number of rotatable bonds is 2. The topological polar surface area (TPSA) is 9.72 Å². The highest BCUT2D eigenvalue weighted by Gasteiger charge is 2.52. The van der Waals surface area contributed by atoms with Crippen molar-refractivity contribution in [1.82, 2.24) is 14.7 Å². The van der Waals surface area contributed by atoms with E-state index in [-0.39, 0.29) is 0 Å². The van der Waals surface area contributed by atoms with E-state index in [1.54, 1.807) is 0 Å². The van der Waals surface area contributed by atoms with Gasteiger partial charge in [-0.25, -0.2) is 0 Å². The smallest absolute Gasteiger partial charge is 0.0125 e. The summed E-state index contributed by atoms with van der Waals surface area (Å²) in [6.07, 6.45) is 14.8. The molecule has 3 nitrogen and oxygen atoms in total. The van der Waals surface area contributed by atoms with Gasteiger partial charge in [0.25, 0.3) is 0 Å². The molecule has 3 saturated heterocycles. The van der Waals surface area contributed by atoms with E-state index >= 15 is 0 Å². The van der Waals surface area contributed by atoms with E-state index in [2.05, 4.69) is 56.2 Å². The Morgan fingerprint density at radius 3 is 1.62 bits per heavy atom. The van der Waals surface area contributed by atoms with Crippen LogP contribution in [-0.4, -0.2) is 71.6 Å². The second-order valence-electron chi connectivity index (χ2n) is 15.0. The zero-order chi connectivity index (χ0) is 22.8. The molecule has 2 spiro atoms. The van der Waals surface area contributed by atoms with Crippen LogP contribution in [0.2, 0.25) is 0 Å². The highest BCUT2D eigenvalue weighted by atomic mass is 15.2. The molecule has 3 heterocycles. The van der Waals surface area contributed by atoms with Crippen molar-refractivity contribution in [1.29, 1.82) is 0 Å². The quantitative estimate of drug-likeness (QED) is 0.516. The van der Waals surface area contributed by atoms with Crippen molar-refractivity contribution in [3.8, 4) is 0 Å². The van der Waals surface area contributed by atoms with Crippen molar-refractivity contribution >= 4 is 0 Å². The lowest BCUT2D eigenvalue weighted by Gasteiger charge is -2.60. The molecule has 3 aliphatic heterocycles. The summed E-state index contributed by atoms with van der Waals surface area (Å²) in [5.74, 6) is 0.899. The summed E-state index contributed by atoms with van der Waals surface area (Å²) in [5.41, 5.74) is 2.26. The predicted molar refractivity (Wildman–Crippen MR) is 136 cm³/mol. The largest absolute Gasteiger partial charge is 0.300 e. The van der Waals surface area contributed by atoms with Gasteiger partial charge in [-0.1, -0.05) is 20.8 Å². The molecule has 0 amide bonds. The van der Waals surface area contributed by atoms with E-state index in [0.717, 1.165) is 23.4 Å². The summed E-state index contributed by atoms with van der Waals surface area (Å²) >= 11 is 0. The van der Waals surface area contributed by atoms with Crippen LogP contribution in [-0.2, 0) is 0 Å². The number of likely N-dealkylation sites (tertiary alicyclic amines) is 3. The molecule has 32 heavy (non-hydrogen) atoms. The van der Waals surface area contributed by atoms with Crippen LogP contribution in [0.15, 0.2) is 0 Å². The molecule has 0 radical (unpaired) electrons. The van der Waals surface area contributed by atoms with Crippen LogP contribution in [0.3, 0.4) is 0 Å². The van der Waals surface area contributed by atoms with E-state index in [1.165, 1.54) is 103 Å². The highest BCUT2D eigenvalue weighted by molar-refractivity contribution is 5.06. The molecule has 5 rings (SSSR count). The number of hydrogen-bond donors (Lipinski definition) is 0.